The quantitative estimate of drug-likeness (QED) is 0.617. The molecular formula is C19H19BrN4O. The molecule has 0 fully saturated rings. The number of rotatable bonds is 6. The molecule has 0 saturated heterocycles. The second-order valence-electron chi connectivity index (χ2n) is 5.56. The van der Waals surface area contributed by atoms with Crippen molar-refractivity contribution in [2.45, 2.75) is 13.5 Å². The lowest BCUT2D eigenvalue weighted by atomic mass is 10.2. The van der Waals surface area contributed by atoms with Crippen LogP contribution in [-0.4, -0.2) is 17.1 Å². The molecule has 0 amide bonds. The van der Waals surface area contributed by atoms with Crippen LogP contribution in [0.5, 0.6) is 5.75 Å². The highest BCUT2D eigenvalue weighted by Gasteiger charge is 2.04. The van der Waals surface area contributed by atoms with E-state index in [1.807, 2.05) is 61.5 Å². The van der Waals surface area contributed by atoms with Gasteiger partial charge < -0.3 is 15.4 Å². The Kier molecular flexibility index (Phi) is 5.50. The van der Waals surface area contributed by atoms with E-state index in [4.69, 9.17) is 4.74 Å². The molecule has 0 atom stereocenters. The minimum Gasteiger partial charge on any atom is -0.497 e. The van der Waals surface area contributed by atoms with E-state index >= 15 is 0 Å². The number of hydrogen-bond donors (Lipinski definition) is 2. The molecule has 5 nitrogen and oxygen atoms in total. The third kappa shape index (κ3) is 4.93. The van der Waals surface area contributed by atoms with Crippen LogP contribution in [0.1, 0.15) is 11.3 Å². The molecule has 0 spiro atoms. The molecule has 0 aliphatic heterocycles. The Balaban J connectivity index is 1.70. The summed E-state index contributed by atoms with van der Waals surface area (Å²) in [5.41, 5.74) is 2.98. The molecular weight excluding hydrogens is 380 g/mol. The normalized spacial score (nSPS) is 10.4. The van der Waals surface area contributed by atoms with Crippen LogP contribution in [0.15, 0.2) is 59.1 Å². The van der Waals surface area contributed by atoms with E-state index in [0.29, 0.717) is 12.5 Å². The largest absolute Gasteiger partial charge is 0.497 e. The predicted molar refractivity (Wildman–Crippen MR) is 105 cm³/mol. The molecule has 3 aromatic rings. The maximum atomic E-state index is 5.18. The van der Waals surface area contributed by atoms with Crippen LogP contribution in [-0.2, 0) is 6.54 Å². The molecule has 0 aliphatic carbocycles. The van der Waals surface area contributed by atoms with Gasteiger partial charge in [0.25, 0.3) is 0 Å². The fourth-order valence-electron chi connectivity index (χ4n) is 2.35. The minimum atomic E-state index is 0.565. The Labute approximate surface area is 155 Å². The van der Waals surface area contributed by atoms with Gasteiger partial charge in [-0.2, -0.15) is 4.98 Å². The van der Waals surface area contributed by atoms with E-state index in [0.717, 1.165) is 33.0 Å². The SMILES string of the molecule is COc1ccc(CNc2cc(C)nc(Nc3cccc(Br)c3)n2)cc1. The van der Waals surface area contributed by atoms with Gasteiger partial charge in [-0.15, -0.1) is 0 Å². The van der Waals surface area contributed by atoms with Crippen molar-refractivity contribution in [2.24, 2.45) is 0 Å². The number of anilines is 3. The lowest BCUT2D eigenvalue weighted by Gasteiger charge is -2.10. The summed E-state index contributed by atoms with van der Waals surface area (Å²) >= 11 is 3.46. The van der Waals surface area contributed by atoms with Crippen molar-refractivity contribution in [3.05, 3.63) is 70.3 Å². The summed E-state index contributed by atoms with van der Waals surface area (Å²) < 4.78 is 6.18. The molecule has 0 bridgehead atoms. The smallest absolute Gasteiger partial charge is 0.229 e. The first kappa shape index (κ1) is 17.2. The molecule has 2 aromatic carbocycles. The maximum Gasteiger partial charge on any atom is 0.229 e. The van der Waals surface area contributed by atoms with Gasteiger partial charge in [-0.05, 0) is 42.8 Å². The lowest BCUT2D eigenvalue weighted by molar-refractivity contribution is 0.414. The number of benzene rings is 2. The van der Waals surface area contributed by atoms with E-state index in [-0.39, 0.29) is 0 Å². The number of aryl methyl sites for hydroxylation is 1. The van der Waals surface area contributed by atoms with Gasteiger partial charge in [-0.3, -0.25) is 0 Å². The fraction of sp³-hybridized carbons (Fsp3) is 0.158. The first-order chi connectivity index (χ1) is 12.1. The van der Waals surface area contributed by atoms with Crippen molar-refractivity contribution >= 4 is 33.4 Å². The lowest BCUT2D eigenvalue weighted by Crippen LogP contribution is -2.05. The Morgan fingerprint density at radius 1 is 1.04 bits per heavy atom. The number of halogens is 1. The van der Waals surface area contributed by atoms with Gasteiger partial charge in [0.2, 0.25) is 5.95 Å². The minimum absolute atomic E-state index is 0.565. The van der Waals surface area contributed by atoms with Crippen LogP contribution >= 0.6 is 15.9 Å². The molecule has 25 heavy (non-hydrogen) atoms. The average molecular weight is 399 g/mol. The molecule has 1 heterocycles. The first-order valence-corrected chi connectivity index (χ1v) is 8.67. The fourth-order valence-corrected chi connectivity index (χ4v) is 2.75. The van der Waals surface area contributed by atoms with E-state index < -0.39 is 0 Å². The highest BCUT2D eigenvalue weighted by molar-refractivity contribution is 9.10. The Morgan fingerprint density at radius 3 is 2.56 bits per heavy atom. The number of hydrogen-bond acceptors (Lipinski definition) is 5. The monoisotopic (exact) mass is 398 g/mol. The van der Waals surface area contributed by atoms with Crippen molar-refractivity contribution < 1.29 is 4.74 Å². The van der Waals surface area contributed by atoms with E-state index in [9.17, 15) is 0 Å². The van der Waals surface area contributed by atoms with Crippen molar-refractivity contribution in [2.75, 3.05) is 17.7 Å². The standard InChI is InChI=1S/C19H19BrN4O/c1-13-10-18(21-12-14-6-8-17(25-2)9-7-14)24-19(22-13)23-16-5-3-4-15(20)11-16/h3-11H,12H2,1-2H3,(H2,21,22,23,24). The summed E-state index contributed by atoms with van der Waals surface area (Å²) in [6.07, 6.45) is 0. The van der Waals surface area contributed by atoms with Gasteiger partial charge in [0, 0.05) is 28.5 Å². The van der Waals surface area contributed by atoms with Crippen molar-refractivity contribution in [3.63, 3.8) is 0 Å². The topological polar surface area (TPSA) is 59.1 Å². The van der Waals surface area contributed by atoms with Crippen LogP contribution in [0, 0.1) is 6.92 Å². The molecule has 3 rings (SSSR count). The van der Waals surface area contributed by atoms with Crippen LogP contribution in [0.4, 0.5) is 17.5 Å². The Morgan fingerprint density at radius 2 is 1.84 bits per heavy atom. The molecule has 128 valence electrons. The molecule has 1 aromatic heterocycles. The summed E-state index contributed by atoms with van der Waals surface area (Å²) in [7, 11) is 1.66. The van der Waals surface area contributed by atoms with Gasteiger partial charge in [0.1, 0.15) is 11.6 Å². The van der Waals surface area contributed by atoms with Gasteiger partial charge in [-0.25, -0.2) is 4.98 Å². The maximum absolute atomic E-state index is 5.18. The van der Waals surface area contributed by atoms with Crippen LogP contribution < -0.4 is 15.4 Å². The zero-order chi connectivity index (χ0) is 17.6. The summed E-state index contributed by atoms with van der Waals surface area (Å²) in [6, 6.07) is 17.8. The van der Waals surface area contributed by atoms with Crippen molar-refractivity contribution in [1.29, 1.82) is 0 Å². The number of nitrogens with one attached hydrogen (secondary N) is 2. The third-order valence-corrected chi connectivity index (χ3v) is 4.06. The molecule has 0 radical (unpaired) electrons. The summed E-state index contributed by atoms with van der Waals surface area (Å²) in [5, 5.41) is 6.57. The third-order valence-electron chi connectivity index (χ3n) is 3.57. The van der Waals surface area contributed by atoms with Gasteiger partial charge in [0.15, 0.2) is 0 Å². The van der Waals surface area contributed by atoms with Crippen molar-refractivity contribution in [3.8, 4) is 5.75 Å². The molecule has 0 aliphatic rings. The Hall–Kier alpha value is -2.60. The number of aromatic nitrogens is 2. The van der Waals surface area contributed by atoms with Gasteiger partial charge in [-0.1, -0.05) is 34.1 Å². The van der Waals surface area contributed by atoms with E-state index in [1.54, 1.807) is 7.11 Å². The molecule has 2 N–H and O–H groups in total. The van der Waals surface area contributed by atoms with Gasteiger partial charge in [0.05, 0.1) is 7.11 Å². The second-order valence-corrected chi connectivity index (χ2v) is 6.47. The van der Waals surface area contributed by atoms with Gasteiger partial charge >= 0.3 is 0 Å². The van der Waals surface area contributed by atoms with Crippen LogP contribution in [0.2, 0.25) is 0 Å². The molecule has 6 heteroatoms. The summed E-state index contributed by atoms with van der Waals surface area (Å²) in [6.45, 7) is 2.63. The summed E-state index contributed by atoms with van der Waals surface area (Å²) in [5.74, 6) is 2.19. The van der Waals surface area contributed by atoms with E-state index in [2.05, 4.69) is 36.5 Å². The summed E-state index contributed by atoms with van der Waals surface area (Å²) in [4.78, 5) is 8.98. The number of nitrogens with zero attached hydrogens (tertiary/aromatic N) is 2. The van der Waals surface area contributed by atoms with Crippen LogP contribution in [0.25, 0.3) is 0 Å². The van der Waals surface area contributed by atoms with Crippen molar-refractivity contribution in [1.82, 2.24) is 9.97 Å². The number of ether oxygens (including phenoxy) is 1. The highest BCUT2D eigenvalue weighted by atomic mass is 79.9. The average Bonchev–Trinajstić information content (AvgIpc) is 2.60. The predicted octanol–water partition coefficient (Wildman–Crippen LogP) is 4.91. The highest BCUT2D eigenvalue weighted by Crippen LogP contribution is 2.20. The Bertz CT molecular complexity index is 852. The van der Waals surface area contributed by atoms with Crippen LogP contribution in [0.3, 0.4) is 0 Å². The van der Waals surface area contributed by atoms with E-state index in [1.165, 1.54) is 0 Å². The first-order valence-electron chi connectivity index (χ1n) is 7.87. The number of methoxy groups -OCH3 is 1. The second kappa shape index (κ2) is 7.98. The zero-order valence-corrected chi connectivity index (χ0v) is 15.7. The molecule has 0 saturated carbocycles. The molecule has 0 unspecified atom stereocenters. The zero-order valence-electron chi connectivity index (χ0n) is 14.1.